The molecular formula is C15H24N2. The summed E-state index contributed by atoms with van der Waals surface area (Å²) in [6, 6.07) is 2.76. The maximum Gasteiger partial charge on any atom is 0.0315 e. The van der Waals surface area contributed by atoms with Crippen LogP contribution in [0.25, 0.3) is 0 Å². The van der Waals surface area contributed by atoms with Gasteiger partial charge < -0.3 is 5.32 Å². The molecule has 94 valence electrons. The molecule has 2 atom stereocenters. The van der Waals surface area contributed by atoms with Crippen LogP contribution in [0, 0.1) is 18.8 Å². The highest BCUT2D eigenvalue weighted by Crippen LogP contribution is 2.29. The normalized spacial score (nSPS) is 29.2. The number of nitrogens with zero attached hydrogens (tertiary/aromatic N) is 1. The first-order valence-corrected chi connectivity index (χ1v) is 6.81. The van der Waals surface area contributed by atoms with Crippen LogP contribution in [0.4, 0.5) is 0 Å². The molecular weight excluding hydrogens is 208 g/mol. The van der Waals surface area contributed by atoms with Crippen molar-refractivity contribution in [1.29, 1.82) is 0 Å². The van der Waals surface area contributed by atoms with Crippen molar-refractivity contribution in [2.45, 2.75) is 52.6 Å². The Balaban J connectivity index is 1.95. The van der Waals surface area contributed by atoms with Crippen molar-refractivity contribution in [3.05, 3.63) is 29.6 Å². The quantitative estimate of drug-likeness (QED) is 0.865. The topological polar surface area (TPSA) is 24.9 Å². The van der Waals surface area contributed by atoms with Gasteiger partial charge >= 0.3 is 0 Å². The van der Waals surface area contributed by atoms with Gasteiger partial charge in [0.05, 0.1) is 0 Å². The molecule has 0 bridgehead atoms. The van der Waals surface area contributed by atoms with Gasteiger partial charge in [0.25, 0.3) is 0 Å². The van der Waals surface area contributed by atoms with Crippen molar-refractivity contribution in [1.82, 2.24) is 10.3 Å². The zero-order chi connectivity index (χ0) is 12.3. The number of pyridine rings is 1. The lowest BCUT2D eigenvalue weighted by molar-refractivity contribution is 0.207. The average Bonchev–Trinajstić information content (AvgIpc) is 2.30. The highest BCUT2D eigenvalue weighted by Gasteiger charge is 2.26. The number of nitrogens with one attached hydrogen (secondary N) is 1. The smallest absolute Gasteiger partial charge is 0.0315 e. The first kappa shape index (κ1) is 12.6. The van der Waals surface area contributed by atoms with Crippen LogP contribution in [0.2, 0.25) is 0 Å². The Morgan fingerprint density at radius 2 is 2.00 bits per heavy atom. The van der Waals surface area contributed by atoms with Gasteiger partial charge in [-0.05, 0) is 48.8 Å². The Kier molecular flexibility index (Phi) is 4.16. The third-order valence-electron chi connectivity index (χ3n) is 4.22. The van der Waals surface area contributed by atoms with Gasteiger partial charge in [-0.2, -0.15) is 0 Å². The maximum absolute atomic E-state index is 4.21. The van der Waals surface area contributed by atoms with Crippen molar-refractivity contribution < 1.29 is 0 Å². The summed E-state index contributed by atoms with van der Waals surface area (Å²) in [5, 5.41) is 3.74. The molecule has 0 aromatic carbocycles. The largest absolute Gasteiger partial charge is 0.309 e. The average molecular weight is 232 g/mol. The number of rotatable bonds is 3. The molecule has 1 saturated carbocycles. The Morgan fingerprint density at radius 1 is 1.29 bits per heavy atom. The van der Waals surface area contributed by atoms with E-state index < -0.39 is 0 Å². The van der Waals surface area contributed by atoms with E-state index >= 15 is 0 Å². The predicted molar refractivity (Wildman–Crippen MR) is 71.8 cm³/mol. The SMILES string of the molecule is Cc1ccncc1CNC1C(C)CCCC1C. The van der Waals surface area contributed by atoms with Gasteiger partial charge in [0.2, 0.25) is 0 Å². The summed E-state index contributed by atoms with van der Waals surface area (Å²) >= 11 is 0. The van der Waals surface area contributed by atoms with E-state index in [4.69, 9.17) is 0 Å². The molecule has 0 saturated heterocycles. The highest BCUT2D eigenvalue weighted by molar-refractivity contribution is 5.21. The molecule has 1 aromatic heterocycles. The van der Waals surface area contributed by atoms with E-state index in [-0.39, 0.29) is 0 Å². The Bertz CT molecular complexity index is 352. The van der Waals surface area contributed by atoms with E-state index in [2.05, 4.69) is 37.1 Å². The Labute approximate surface area is 105 Å². The zero-order valence-electron chi connectivity index (χ0n) is 11.2. The molecule has 1 aromatic rings. The maximum atomic E-state index is 4.21. The molecule has 0 aliphatic heterocycles. The molecule has 1 aliphatic rings. The van der Waals surface area contributed by atoms with Crippen LogP contribution in [-0.2, 0) is 6.54 Å². The fourth-order valence-electron chi connectivity index (χ4n) is 2.99. The summed E-state index contributed by atoms with van der Waals surface area (Å²) in [5.41, 5.74) is 2.67. The monoisotopic (exact) mass is 232 g/mol. The summed E-state index contributed by atoms with van der Waals surface area (Å²) in [6.07, 6.45) is 7.99. The third-order valence-corrected chi connectivity index (χ3v) is 4.22. The summed E-state index contributed by atoms with van der Waals surface area (Å²) in [4.78, 5) is 4.21. The van der Waals surface area contributed by atoms with Crippen LogP contribution < -0.4 is 5.32 Å². The molecule has 1 aliphatic carbocycles. The second kappa shape index (κ2) is 5.63. The van der Waals surface area contributed by atoms with Crippen LogP contribution in [-0.4, -0.2) is 11.0 Å². The van der Waals surface area contributed by atoms with Gasteiger partial charge in [-0.1, -0.05) is 20.3 Å². The van der Waals surface area contributed by atoms with Crippen LogP contribution in [0.5, 0.6) is 0 Å². The second-order valence-electron chi connectivity index (χ2n) is 5.59. The minimum absolute atomic E-state index is 0.670. The van der Waals surface area contributed by atoms with Crippen LogP contribution >= 0.6 is 0 Å². The summed E-state index contributed by atoms with van der Waals surface area (Å²) in [6.45, 7) is 7.87. The van der Waals surface area contributed by atoms with Gasteiger partial charge in [-0.25, -0.2) is 0 Å². The number of aromatic nitrogens is 1. The first-order valence-electron chi connectivity index (χ1n) is 6.81. The number of hydrogen-bond acceptors (Lipinski definition) is 2. The molecule has 17 heavy (non-hydrogen) atoms. The molecule has 2 heteroatoms. The predicted octanol–water partition coefficient (Wildman–Crippen LogP) is 3.30. The molecule has 2 rings (SSSR count). The van der Waals surface area contributed by atoms with Gasteiger partial charge in [0.15, 0.2) is 0 Å². The van der Waals surface area contributed by atoms with Crippen LogP contribution in [0.15, 0.2) is 18.5 Å². The summed E-state index contributed by atoms with van der Waals surface area (Å²) in [7, 11) is 0. The van der Waals surface area contributed by atoms with Gasteiger partial charge in [0, 0.05) is 25.0 Å². The minimum Gasteiger partial charge on any atom is -0.309 e. The van der Waals surface area contributed by atoms with Gasteiger partial charge in [0.1, 0.15) is 0 Å². The third kappa shape index (κ3) is 3.06. The van der Waals surface area contributed by atoms with Crippen LogP contribution in [0.3, 0.4) is 0 Å². The van der Waals surface area contributed by atoms with E-state index in [9.17, 15) is 0 Å². The zero-order valence-corrected chi connectivity index (χ0v) is 11.2. The fourth-order valence-corrected chi connectivity index (χ4v) is 2.99. The lowest BCUT2D eigenvalue weighted by Crippen LogP contribution is -2.42. The van der Waals surface area contributed by atoms with Crippen molar-refractivity contribution in [2.24, 2.45) is 11.8 Å². The Hall–Kier alpha value is -0.890. The minimum atomic E-state index is 0.670. The molecule has 0 spiro atoms. The molecule has 2 unspecified atom stereocenters. The number of aryl methyl sites for hydroxylation is 1. The van der Waals surface area contributed by atoms with E-state index in [0.717, 1.165) is 18.4 Å². The fraction of sp³-hybridized carbons (Fsp3) is 0.667. The van der Waals surface area contributed by atoms with E-state index in [0.29, 0.717) is 6.04 Å². The van der Waals surface area contributed by atoms with Crippen molar-refractivity contribution >= 4 is 0 Å². The molecule has 0 amide bonds. The summed E-state index contributed by atoms with van der Waals surface area (Å²) < 4.78 is 0. The highest BCUT2D eigenvalue weighted by atomic mass is 14.9. The van der Waals surface area contributed by atoms with E-state index in [1.54, 1.807) is 0 Å². The summed E-state index contributed by atoms with van der Waals surface area (Å²) in [5.74, 6) is 1.60. The molecule has 2 nitrogen and oxygen atoms in total. The van der Waals surface area contributed by atoms with Crippen molar-refractivity contribution in [2.75, 3.05) is 0 Å². The van der Waals surface area contributed by atoms with Crippen LogP contribution in [0.1, 0.15) is 44.2 Å². The molecule has 1 N–H and O–H groups in total. The van der Waals surface area contributed by atoms with E-state index in [1.807, 2.05) is 12.4 Å². The standard InChI is InChI=1S/C15H24N2/c1-11-7-8-16-9-14(11)10-17-15-12(2)5-4-6-13(15)3/h7-9,12-13,15,17H,4-6,10H2,1-3H3. The lowest BCUT2D eigenvalue weighted by atomic mass is 9.78. The molecule has 1 heterocycles. The second-order valence-corrected chi connectivity index (χ2v) is 5.59. The van der Waals surface area contributed by atoms with Crippen molar-refractivity contribution in [3.8, 4) is 0 Å². The van der Waals surface area contributed by atoms with E-state index in [1.165, 1.54) is 30.4 Å². The lowest BCUT2D eigenvalue weighted by Gasteiger charge is -2.35. The van der Waals surface area contributed by atoms with Gasteiger partial charge in [-0.15, -0.1) is 0 Å². The van der Waals surface area contributed by atoms with Crippen molar-refractivity contribution in [3.63, 3.8) is 0 Å². The number of hydrogen-bond donors (Lipinski definition) is 1. The van der Waals surface area contributed by atoms with Gasteiger partial charge in [-0.3, -0.25) is 4.98 Å². The molecule has 1 fully saturated rings. The molecule has 0 radical (unpaired) electrons. The first-order chi connectivity index (χ1) is 8.18. The Morgan fingerprint density at radius 3 is 2.65 bits per heavy atom.